The van der Waals surface area contributed by atoms with Crippen LogP contribution >= 0.6 is 0 Å². The van der Waals surface area contributed by atoms with Crippen LogP contribution in [0, 0.1) is 0 Å². The summed E-state index contributed by atoms with van der Waals surface area (Å²) in [5.41, 5.74) is 0. The molecule has 2 N–H and O–H groups in total. The van der Waals surface area contributed by atoms with Gasteiger partial charge in [-0.2, -0.15) is 0 Å². The summed E-state index contributed by atoms with van der Waals surface area (Å²) >= 11 is 0. The minimum atomic E-state index is 0.0211. The number of nitrogens with zero attached hydrogens (tertiary/aromatic N) is 2. The molecule has 1 atom stereocenters. The molecule has 1 saturated heterocycles. The molecule has 1 amide bonds. The zero-order valence-corrected chi connectivity index (χ0v) is 8.65. The normalized spacial score (nSPS) is 20.4. The molecule has 82 valence electrons. The number of hydrogen-bond donors (Lipinski definition) is 2. The van der Waals surface area contributed by atoms with Gasteiger partial charge in [0.05, 0.1) is 12.4 Å². The maximum atomic E-state index is 11.6. The summed E-state index contributed by atoms with van der Waals surface area (Å²) in [5, 5.41) is 6.08. The standard InChI is InChI=1S/C10H16N4O/c15-10(9-2-1-3-12-9)13-5-7-14-6-4-11-8-14/h4,6,8-9,12H,1-3,5,7H2,(H,13,15)/t9-/m0/s1. The molecule has 0 spiro atoms. The summed E-state index contributed by atoms with van der Waals surface area (Å²) in [4.78, 5) is 15.5. The maximum Gasteiger partial charge on any atom is 0.237 e. The van der Waals surface area contributed by atoms with Crippen molar-refractivity contribution in [2.24, 2.45) is 0 Å². The summed E-state index contributed by atoms with van der Waals surface area (Å²) in [6.07, 6.45) is 7.43. The van der Waals surface area contributed by atoms with E-state index < -0.39 is 0 Å². The Morgan fingerprint density at radius 1 is 1.67 bits per heavy atom. The second-order valence-electron chi connectivity index (χ2n) is 3.74. The van der Waals surface area contributed by atoms with Crippen LogP contribution in [-0.2, 0) is 11.3 Å². The first-order chi connectivity index (χ1) is 7.36. The highest BCUT2D eigenvalue weighted by Crippen LogP contribution is 2.04. The highest BCUT2D eigenvalue weighted by Gasteiger charge is 2.20. The van der Waals surface area contributed by atoms with Crippen LogP contribution in [0.3, 0.4) is 0 Å². The fourth-order valence-electron chi connectivity index (χ4n) is 1.76. The first-order valence-corrected chi connectivity index (χ1v) is 5.33. The van der Waals surface area contributed by atoms with E-state index in [1.54, 1.807) is 12.5 Å². The number of amides is 1. The number of aromatic nitrogens is 2. The molecule has 2 rings (SSSR count). The van der Waals surface area contributed by atoms with Gasteiger partial charge in [0.15, 0.2) is 0 Å². The third-order valence-corrected chi connectivity index (χ3v) is 2.61. The van der Waals surface area contributed by atoms with Gasteiger partial charge in [-0.3, -0.25) is 4.79 Å². The van der Waals surface area contributed by atoms with Gasteiger partial charge in [-0.05, 0) is 19.4 Å². The summed E-state index contributed by atoms with van der Waals surface area (Å²) in [6.45, 7) is 2.39. The van der Waals surface area contributed by atoms with Crippen LogP contribution in [0.4, 0.5) is 0 Å². The Hall–Kier alpha value is -1.36. The van der Waals surface area contributed by atoms with Gasteiger partial charge in [-0.1, -0.05) is 0 Å². The summed E-state index contributed by atoms with van der Waals surface area (Å²) < 4.78 is 1.95. The Balaban J connectivity index is 1.67. The van der Waals surface area contributed by atoms with Crippen molar-refractivity contribution in [1.82, 2.24) is 20.2 Å². The molecule has 0 aliphatic carbocycles. The van der Waals surface area contributed by atoms with E-state index in [0.717, 1.165) is 25.9 Å². The summed E-state index contributed by atoms with van der Waals surface area (Å²) in [6, 6.07) is 0.0211. The molecule has 1 aromatic rings. The largest absolute Gasteiger partial charge is 0.353 e. The van der Waals surface area contributed by atoms with Gasteiger partial charge in [0.2, 0.25) is 5.91 Å². The Morgan fingerprint density at radius 3 is 3.27 bits per heavy atom. The third kappa shape index (κ3) is 2.79. The van der Waals surface area contributed by atoms with Gasteiger partial charge in [0, 0.05) is 25.5 Å². The molecule has 1 fully saturated rings. The van der Waals surface area contributed by atoms with Crippen molar-refractivity contribution in [3.05, 3.63) is 18.7 Å². The quantitative estimate of drug-likeness (QED) is 0.717. The van der Waals surface area contributed by atoms with Crippen molar-refractivity contribution < 1.29 is 4.79 Å². The van der Waals surface area contributed by atoms with E-state index in [1.165, 1.54) is 0 Å². The lowest BCUT2D eigenvalue weighted by molar-refractivity contribution is -0.122. The number of carbonyl (C=O) groups is 1. The van der Waals surface area contributed by atoms with Crippen LogP contribution in [0.25, 0.3) is 0 Å². The van der Waals surface area contributed by atoms with E-state index >= 15 is 0 Å². The first kappa shape index (κ1) is 10.2. The molecule has 5 heteroatoms. The number of nitrogens with one attached hydrogen (secondary N) is 2. The Labute approximate surface area is 88.9 Å². The van der Waals surface area contributed by atoms with E-state index in [4.69, 9.17) is 0 Å². The molecule has 1 aliphatic heterocycles. The van der Waals surface area contributed by atoms with Crippen molar-refractivity contribution in [1.29, 1.82) is 0 Å². The molecule has 5 nitrogen and oxygen atoms in total. The van der Waals surface area contributed by atoms with E-state index in [-0.39, 0.29) is 11.9 Å². The highest BCUT2D eigenvalue weighted by molar-refractivity contribution is 5.81. The van der Waals surface area contributed by atoms with Gasteiger partial charge in [0.25, 0.3) is 0 Å². The predicted molar refractivity (Wildman–Crippen MR) is 56.3 cm³/mol. The average Bonchev–Trinajstić information content (AvgIpc) is 2.90. The lowest BCUT2D eigenvalue weighted by atomic mass is 10.2. The SMILES string of the molecule is O=C(NCCn1ccnc1)[C@@H]1CCCN1. The summed E-state index contributed by atoms with van der Waals surface area (Å²) in [5.74, 6) is 0.118. The molecule has 0 bridgehead atoms. The molecule has 1 aliphatic rings. The molecular formula is C10H16N4O. The molecule has 2 heterocycles. The molecule has 15 heavy (non-hydrogen) atoms. The molecular weight excluding hydrogens is 192 g/mol. The first-order valence-electron chi connectivity index (χ1n) is 5.33. The average molecular weight is 208 g/mol. The van der Waals surface area contributed by atoms with E-state index in [2.05, 4.69) is 15.6 Å². The smallest absolute Gasteiger partial charge is 0.237 e. The third-order valence-electron chi connectivity index (χ3n) is 2.61. The van der Waals surface area contributed by atoms with Crippen LogP contribution in [0.1, 0.15) is 12.8 Å². The number of carbonyl (C=O) groups excluding carboxylic acids is 1. The van der Waals surface area contributed by atoms with Gasteiger partial charge >= 0.3 is 0 Å². The van der Waals surface area contributed by atoms with Crippen LogP contribution in [0.5, 0.6) is 0 Å². The van der Waals surface area contributed by atoms with E-state index in [0.29, 0.717) is 6.54 Å². The van der Waals surface area contributed by atoms with Crippen molar-refractivity contribution >= 4 is 5.91 Å². The second kappa shape index (κ2) is 4.93. The molecule has 0 aromatic carbocycles. The monoisotopic (exact) mass is 208 g/mol. The Bertz CT molecular complexity index is 303. The Morgan fingerprint density at radius 2 is 2.60 bits per heavy atom. The van der Waals surface area contributed by atoms with Crippen LogP contribution in [0.15, 0.2) is 18.7 Å². The lowest BCUT2D eigenvalue weighted by Gasteiger charge is -2.10. The minimum Gasteiger partial charge on any atom is -0.353 e. The predicted octanol–water partition coefficient (Wildman–Crippen LogP) is -0.249. The zero-order valence-electron chi connectivity index (χ0n) is 8.65. The van der Waals surface area contributed by atoms with Crippen LogP contribution in [0.2, 0.25) is 0 Å². The van der Waals surface area contributed by atoms with Crippen LogP contribution in [-0.4, -0.2) is 34.6 Å². The number of hydrogen-bond acceptors (Lipinski definition) is 3. The van der Waals surface area contributed by atoms with Crippen LogP contribution < -0.4 is 10.6 Å². The summed E-state index contributed by atoms with van der Waals surface area (Å²) in [7, 11) is 0. The fraction of sp³-hybridized carbons (Fsp3) is 0.600. The number of imidazole rings is 1. The zero-order chi connectivity index (χ0) is 10.5. The van der Waals surface area contributed by atoms with Crippen molar-refractivity contribution in [3.8, 4) is 0 Å². The second-order valence-corrected chi connectivity index (χ2v) is 3.74. The molecule has 0 saturated carbocycles. The molecule has 1 aromatic heterocycles. The van der Waals surface area contributed by atoms with Gasteiger partial charge in [0.1, 0.15) is 0 Å². The van der Waals surface area contributed by atoms with E-state index in [1.807, 2.05) is 10.8 Å². The fourth-order valence-corrected chi connectivity index (χ4v) is 1.76. The van der Waals surface area contributed by atoms with Crippen molar-refractivity contribution in [3.63, 3.8) is 0 Å². The minimum absolute atomic E-state index is 0.0211. The van der Waals surface area contributed by atoms with Gasteiger partial charge in [-0.15, -0.1) is 0 Å². The highest BCUT2D eigenvalue weighted by atomic mass is 16.2. The topological polar surface area (TPSA) is 59.0 Å². The van der Waals surface area contributed by atoms with Crippen molar-refractivity contribution in [2.45, 2.75) is 25.4 Å². The van der Waals surface area contributed by atoms with E-state index in [9.17, 15) is 4.79 Å². The lowest BCUT2D eigenvalue weighted by Crippen LogP contribution is -2.41. The van der Waals surface area contributed by atoms with Gasteiger partial charge in [-0.25, -0.2) is 4.98 Å². The molecule has 0 unspecified atom stereocenters. The van der Waals surface area contributed by atoms with Gasteiger partial charge < -0.3 is 15.2 Å². The molecule has 0 radical (unpaired) electrons. The number of rotatable bonds is 4. The maximum absolute atomic E-state index is 11.6. The van der Waals surface area contributed by atoms with Crippen molar-refractivity contribution in [2.75, 3.05) is 13.1 Å². The Kier molecular flexibility index (Phi) is 3.34.